The lowest BCUT2D eigenvalue weighted by atomic mass is 10.1. The van der Waals surface area contributed by atoms with E-state index >= 15 is 0 Å². The Morgan fingerprint density at radius 2 is 1.84 bits per heavy atom. The van der Waals surface area contributed by atoms with Crippen molar-refractivity contribution in [2.75, 3.05) is 6.79 Å². The second kappa shape index (κ2) is 5.46. The molecule has 0 fully saturated rings. The van der Waals surface area contributed by atoms with Crippen LogP contribution in [0.5, 0.6) is 11.5 Å². The van der Waals surface area contributed by atoms with Crippen LogP contribution in [0.25, 0.3) is 28.2 Å². The minimum absolute atomic E-state index is 0.262. The fraction of sp³-hybridized carbons (Fsp3) is 0.0526. The van der Waals surface area contributed by atoms with Gasteiger partial charge in [-0.25, -0.2) is 4.98 Å². The second-order valence-electron chi connectivity index (χ2n) is 5.77. The lowest BCUT2D eigenvalue weighted by Gasteiger charge is -2.02. The molecule has 0 unspecified atom stereocenters. The molecule has 0 atom stereocenters. The van der Waals surface area contributed by atoms with E-state index in [0.717, 1.165) is 38.5 Å². The van der Waals surface area contributed by atoms with Gasteiger partial charge in [0, 0.05) is 23.5 Å². The van der Waals surface area contributed by atoms with Gasteiger partial charge in [-0.15, -0.1) is 0 Å². The number of hydrogen-bond donors (Lipinski definition) is 1. The summed E-state index contributed by atoms with van der Waals surface area (Å²) in [6.07, 6.45) is 3.78. The topological polar surface area (TPSA) is 51.5 Å². The van der Waals surface area contributed by atoms with Crippen LogP contribution in [0, 0.1) is 4.64 Å². The van der Waals surface area contributed by atoms with Gasteiger partial charge < -0.3 is 14.5 Å². The summed E-state index contributed by atoms with van der Waals surface area (Å²) in [5, 5.41) is 0. The molecule has 0 bridgehead atoms. The summed E-state index contributed by atoms with van der Waals surface area (Å²) < 4.78 is 13.4. The zero-order valence-electron chi connectivity index (χ0n) is 13.1. The third-order valence-electron chi connectivity index (χ3n) is 4.27. The maximum absolute atomic E-state index is 5.68. The molecular weight excluding hydrogens is 334 g/mol. The quantitative estimate of drug-likeness (QED) is 0.544. The molecule has 4 aromatic rings. The fourth-order valence-electron chi connectivity index (χ4n) is 2.99. The van der Waals surface area contributed by atoms with Crippen LogP contribution in [0.15, 0.2) is 60.9 Å². The van der Waals surface area contributed by atoms with Crippen molar-refractivity contribution in [3.05, 3.63) is 65.6 Å². The number of aromatic nitrogens is 3. The molecule has 2 aromatic carbocycles. The Balaban J connectivity index is 1.65. The van der Waals surface area contributed by atoms with Crippen LogP contribution in [-0.2, 0) is 0 Å². The van der Waals surface area contributed by atoms with E-state index in [1.807, 2.05) is 65.3 Å². The van der Waals surface area contributed by atoms with Crippen molar-refractivity contribution in [3.63, 3.8) is 0 Å². The molecule has 0 spiro atoms. The molecular formula is C19H13N3O2S. The van der Waals surface area contributed by atoms with E-state index < -0.39 is 0 Å². The number of nitrogens with one attached hydrogen (secondary N) is 1. The molecule has 1 N–H and O–H groups in total. The second-order valence-corrected chi connectivity index (χ2v) is 6.16. The predicted molar refractivity (Wildman–Crippen MR) is 97.4 cm³/mol. The zero-order chi connectivity index (χ0) is 16.8. The first-order valence-electron chi connectivity index (χ1n) is 7.85. The summed E-state index contributed by atoms with van der Waals surface area (Å²) in [5.74, 6) is 2.22. The van der Waals surface area contributed by atoms with Gasteiger partial charge in [0.2, 0.25) is 12.6 Å². The van der Waals surface area contributed by atoms with Gasteiger partial charge in [0.05, 0.1) is 5.69 Å². The van der Waals surface area contributed by atoms with Crippen LogP contribution in [0.1, 0.15) is 0 Å². The lowest BCUT2D eigenvalue weighted by Crippen LogP contribution is -1.92. The SMILES string of the molecule is S=c1c(-c2ccccc2)cnc2[nH]c(-c3ccc4c(c3)OCO4)cn12. The highest BCUT2D eigenvalue weighted by atomic mass is 32.1. The van der Waals surface area contributed by atoms with Crippen LogP contribution in [0.3, 0.4) is 0 Å². The van der Waals surface area contributed by atoms with Crippen LogP contribution in [-0.4, -0.2) is 21.2 Å². The first-order valence-corrected chi connectivity index (χ1v) is 8.26. The Bertz CT molecular complexity index is 1150. The Labute approximate surface area is 148 Å². The van der Waals surface area contributed by atoms with Gasteiger partial charge in [0.1, 0.15) is 4.64 Å². The van der Waals surface area contributed by atoms with Crippen LogP contribution >= 0.6 is 12.2 Å². The smallest absolute Gasteiger partial charge is 0.231 e. The van der Waals surface area contributed by atoms with Crippen LogP contribution in [0.2, 0.25) is 0 Å². The first kappa shape index (κ1) is 14.2. The number of imidazole rings is 1. The Morgan fingerprint density at radius 1 is 1.00 bits per heavy atom. The summed E-state index contributed by atoms with van der Waals surface area (Å²) >= 11 is 5.68. The predicted octanol–water partition coefficient (Wildman–Crippen LogP) is 4.45. The highest BCUT2D eigenvalue weighted by Gasteiger charge is 2.15. The third-order valence-corrected chi connectivity index (χ3v) is 4.68. The Kier molecular flexibility index (Phi) is 3.11. The maximum Gasteiger partial charge on any atom is 0.231 e. The summed E-state index contributed by atoms with van der Waals surface area (Å²) in [7, 11) is 0. The van der Waals surface area contributed by atoms with Crippen molar-refractivity contribution in [1.29, 1.82) is 0 Å². The van der Waals surface area contributed by atoms with E-state index in [9.17, 15) is 0 Å². The molecule has 1 aliphatic rings. The van der Waals surface area contributed by atoms with Crippen LogP contribution in [0.4, 0.5) is 0 Å². The van der Waals surface area contributed by atoms with Gasteiger partial charge in [0.15, 0.2) is 11.5 Å². The number of hydrogen-bond acceptors (Lipinski definition) is 4. The minimum atomic E-state index is 0.262. The number of fused-ring (bicyclic) bond motifs is 2. The standard InChI is InChI=1S/C19H13N3O2S/c25-18-14(12-4-2-1-3-5-12)9-20-19-21-15(10-22(18)19)13-6-7-16-17(8-13)24-11-23-16/h1-10H,11H2,(H,20,21). The lowest BCUT2D eigenvalue weighted by molar-refractivity contribution is 0.174. The van der Waals surface area contributed by atoms with Crippen molar-refractivity contribution < 1.29 is 9.47 Å². The van der Waals surface area contributed by atoms with E-state index in [0.29, 0.717) is 5.78 Å². The molecule has 0 aliphatic carbocycles. The molecule has 1 aliphatic heterocycles. The van der Waals surface area contributed by atoms with Gasteiger partial charge in [-0.1, -0.05) is 42.5 Å². The first-order chi connectivity index (χ1) is 12.3. The molecule has 6 heteroatoms. The van der Waals surface area contributed by atoms with E-state index in [-0.39, 0.29) is 6.79 Å². The highest BCUT2D eigenvalue weighted by Crippen LogP contribution is 2.35. The largest absolute Gasteiger partial charge is 0.454 e. The number of rotatable bonds is 2. The molecule has 2 aromatic heterocycles. The van der Waals surface area contributed by atoms with Gasteiger partial charge in [0.25, 0.3) is 0 Å². The van der Waals surface area contributed by atoms with Crippen LogP contribution < -0.4 is 9.47 Å². The summed E-state index contributed by atoms with van der Waals surface area (Å²) in [6, 6.07) is 15.9. The average Bonchev–Trinajstić information content (AvgIpc) is 3.29. The van der Waals surface area contributed by atoms with Crippen molar-refractivity contribution in [2.24, 2.45) is 0 Å². The molecule has 25 heavy (non-hydrogen) atoms. The molecule has 0 saturated carbocycles. The molecule has 122 valence electrons. The van der Waals surface area contributed by atoms with E-state index in [4.69, 9.17) is 21.7 Å². The van der Waals surface area contributed by atoms with Crippen molar-refractivity contribution in [3.8, 4) is 33.9 Å². The normalized spacial score (nSPS) is 12.6. The number of ether oxygens (including phenoxy) is 2. The van der Waals surface area contributed by atoms with Crippen molar-refractivity contribution in [2.45, 2.75) is 0 Å². The minimum Gasteiger partial charge on any atom is -0.454 e. The van der Waals surface area contributed by atoms with Gasteiger partial charge in [-0.05, 0) is 23.8 Å². The Morgan fingerprint density at radius 3 is 2.72 bits per heavy atom. The zero-order valence-corrected chi connectivity index (χ0v) is 13.9. The fourth-order valence-corrected chi connectivity index (χ4v) is 3.30. The molecule has 3 heterocycles. The number of H-pyrrole nitrogens is 1. The molecule has 0 radical (unpaired) electrons. The summed E-state index contributed by atoms with van der Waals surface area (Å²) in [4.78, 5) is 7.83. The number of benzene rings is 2. The summed E-state index contributed by atoms with van der Waals surface area (Å²) in [6.45, 7) is 0.262. The number of aromatic amines is 1. The van der Waals surface area contributed by atoms with E-state index in [1.54, 1.807) is 0 Å². The maximum atomic E-state index is 5.68. The van der Waals surface area contributed by atoms with Gasteiger partial charge >= 0.3 is 0 Å². The van der Waals surface area contributed by atoms with E-state index in [1.165, 1.54) is 0 Å². The number of nitrogens with zero attached hydrogens (tertiary/aromatic N) is 2. The highest BCUT2D eigenvalue weighted by molar-refractivity contribution is 7.71. The van der Waals surface area contributed by atoms with Crippen molar-refractivity contribution in [1.82, 2.24) is 14.4 Å². The average molecular weight is 347 g/mol. The molecule has 5 rings (SSSR count). The van der Waals surface area contributed by atoms with Crippen molar-refractivity contribution >= 4 is 18.0 Å². The monoisotopic (exact) mass is 347 g/mol. The third kappa shape index (κ3) is 2.30. The van der Waals surface area contributed by atoms with Gasteiger partial charge in [-0.3, -0.25) is 4.40 Å². The molecule has 5 nitrogen and oxygen atoms in total. The summed E-state index contributed by atoms with van der Waals surface area (Å²) in [5.41, 5.74) is 3.90. The Hall–Kier alpha value is -3.12. The molecule has 0 amide bonds. The molecule has 0 saturated heterocycles. The van der Waals surface area contributed by atoms with Gasteiger partial charge in [-0.2, -0.15) is 0 Å². The van der Waals surface area contributed by atoms with E-state index in [2.05, 4.69) is 9.97 Å².